The van der Waals surface area contributed by atoms with Gasteiger partial charge in [-0.15, -0.1) is 0 Å². The molecule has 2 aromatic carbocycles. The number of amides is 1. The third-order valence-corrected chi connectivity index (χ3v) is 5.10. The first-order chi connectivity index (χ1) is 11.1. The van der Waals surface area contributed by atoms with E-state index in [1.807, 2.05) is 30.3 Å². The van der Waals surface area contributed by atoms with Gasteiger partial charge >= 0.3 is 0 Å². The van der Waals surface area contributed by atoms with Gasteiger partial charge in [-0.2, -0.15) is 11.8 Å². The number of nitrogens with one attached hydrogen (secondary N) is 1. The van der Waals surface area contributed by atoms with E-state index < -0.39 is 0 Å². The molecule has 1 amide bonds. The van der Waals surface area contributed by atoms with Gasteiger partial charge in [-0.25, -0.2) is 0 Å². The highest BCUT2D eigenvalue weighted by atomic mass is 35.5. The van der Waals surface area contributed by atoms with Crippen LogP contribution in [0.25, 0.3) is 0 Å². The van der Waals surface area contributed by atoms with Crippen LogP contribution >= 0.6 is 46.6 Å². The number of halogens is 3. The molecule has 0 unspecified atom stereocenters. The molecule has 2 aromatic rings. The Bertz CT molecular complexity index is 641. The molecule has 0 aromatic heterocycles. The number of hydrogen-bond donors (Lipinski definition) is 1. The van der Waals surface area contributed by atoms with Crippen molar-refractivity contribution in [2.24, 2.45) is 0 Å². The van der Waals surface area contributed by atoms with Crippen molar-refractivity contribution in [2.45, 2.75) is 12.2 Å². The summed E-state index contributed by atoms with van der Waals surface area (Å²) < 4.78 is 0. The molecule has 0 aliphatic heterocycles. The molecule has 0 spiro atoms. The summed E-state index contributed by atoms with van der Waals surface area (Å²) in [6.45, 7) is 0.610. The first-order valence-electron chi connectivity index (χ1n) is 7.08. The Morgan fingerprint density at radius 3 is 2.30 bits per heavy atom. The van der Waals surface area contributed by atoms with Crippen molar-refractivity contribution in [1.82, 2.24) is 5.32 Å². The molecule has 6 heteroatoms. The maximum absolute atomic E-state index is 11.8. The predicted molar refractivity (Wildman–Crippen MR) is 101 cm³/mol. The van der Waals surface area contributed by atoms with E-state index in [-0.39, 0.29) is 5.91 Å². The molecule has 2 rings (SSSR count). The largest absolute Gasteiger partial charge is 0.355 e. The summed E-state index contributed by atoms with van der Waals surface area (Å²) in [6.07, 6.45) is 0.359. The lowest BCUT2D eigenvalue weighted by molar-refractivity contribution is -0.120. The molecule has 0 heterocycles. The van der Waals surface area contributed by atoms with E-state index in [1.54, 1.807) is 23.9 Å². The quantitative estimate of drug-likeness (QED) is 0.657. The highest BCUT2D eigenvalue weighted by Gasteiger charge is 2.06. The minimum atomic E-state index is 0.00342. The molecule has 0 saturated carbocycles. The molecule has 0 aliphatic carbocycles. The van der Waals surface area contributed by atoms with E-state index in [2.05, 4.69) is 5.32 Å². The number of benzene rings is 2. The van der Waals surface area contributed by atoms with Crippen LogP contribution in [0.4, 0.5) is 0 Å². The van der Waals surface area contributed by atoms with E-state index in [9.17, 15) is 4.79 Å². The fourth-order valence-electron chi connectivity index (χ4n) is 1.96. The van der Waals surface area contributed by atoms with Crippen LogP contribution in [0, 0.1) is 0 Å². The molecule has 0 fully saturated rings. The summed E-state index contributed by atoms with van der Waals surface area (Å²) >= 11 is 19.7. The number of rotatable bonds is 7. The van der Waals surface area contributed by atoms with Crippen LogP contribution in [0.3, 0.4) is 0 Å². The molecule has 0 radical (unpaired) electrons. The Labute approximate surface area is 155 Å². The van der Waals surface area contributed by atoms with E-state index in [0.717, 1.165) is 22.6 Å². The lowest BCUT2D eigenvalue weighted by Crippen LogP contribution is -2.27. The lowest BCUT2D eigenvalue weighted by atomic mass is 10.1. The molecule has 2 nitrogen and oxygen atoms in total. The smallest absolute Gasteiger partial charge is 0.224 e. The summed E-state index contributed by atoms with van der Waals surface area (Å²) in [5.41, 5.74) is 1.88. The highest BCUT2D eigenvalue weighted by Crippen LogP contribution is 2.27. The van der Waals surface area contributed by atoms with Gasteiger partial charge in [0, 0.05) is 33.1 Å². The van der Waals surface area contributed by atoms with Gasteiger partial charge < -0.3 is 5.32 Å². The van der Waals surface area contributed by atoms with Gasteiger partial charge in [-0.1, -0.05) is 53.0 Å². The van der Waals surface area contributed by atoms with Crippen LogP contribution in [0.2, 0.25) is 15.1 Å². The summed E-state index contributed by atoms with van der Waals surface area (Å²) in [5, 5.41) is 4.93. The topological polar surface area (TPSA) is 29.1 Å². The van der Waals surface area contributed by atoms with Crippen LogP contribution < -0.4 is 5.32 Å². The molecule has 0 aliphatic rings. The fraction of sp³-hybridized carbons (Fsp3) is 0.235. The molecule has 0 atom stereocenters. The van der Waals surface area contributed by atoms with Crippen molar-refractivity contribution in [1.29, 1.82) is 0 Å². The van der Waals surface area contributed by atoms with Gasteiger partial charge in [0.15, 0.2) is 0 Å². The molecular formula is C17H16Cl3NOS. The standard InChI is InChI=1S/C17H16Cl3NOS/c18-13-6-4-12(5-7-13)10-17(22)21-8-9-23-11-14-15(19)2-1-3-16(14)20/h1-7H,8-11H2,(H,21,22). The summed E-state index contributed by atoms with van der Waals surface area (Å²) in [5.74, 6) is 1.53. The minimum Gasteiger partial charge on any atom is -0.355 e. The minimum absolute atomic E-state index is 0.00342. The molecule has 122 valence electrons. The summed E-state index contributed by atoms with van der Waals surface area (Å²) in [6, 6.07) is 12.8. The van der Waals surface area contributed by atoms with Crippen molar-refractivity contribution in [2.75, 3.05) is 12.3 Å². The van der Waals surface area contributed by atoms with Crippen LogP contribution in [0.1, 0.15) is 11.1 Å². The molecular weight excluding hydrogens is 373 g/mol. The summed E-state index contributed by atoms with van der Waals surface area (Å²) in [7, 11) is 0. The van der Waals surface area contributed by atoms with Crippen molar-refractivity contribution in [3.8, 4) is 0 Å². The van der Waals surface area contributed by atoms with Crippen LogP contribution in [0.15, 0.2) is 42.5 Å². The van der Waals surface area contributed by atoms with Crippen molar-refractivity contribution in [3.05, 3.63) is 68.7 Å². The maximum atomic E-state index is 11.8. The van der Waals surface area contributed by atoms with E-state index >= 15 is 0 Å². The Morgan fingerprint density at radius 1 is 1.00 bits per heavy atom. The zero-order chi connectivity index (χ0) is 16.7. The lowest BCUT2D eigenvalue weighted by Gasteiger charge is -2.08. The Morgan fingerprint density at radius 2 is 1.65 bits per heavy atom. The monoisotopic (exact) mass is 387 g/mol. The second-order valence-corrected chi connectivity index (χ2v) is 7.26. The van der Waals surface area contributed by atoms with Gasteiger partial charge in [0.2, 0.25) is 5.91 Å². The number of carbonyl (C=O) groups is 1. The number of hydrogen-bond acceptors (Lipinski definition) is 2. The van der Waals surface area contributed by atoms with E-state index in [4.69, 9.17) is 34.8 Å². The van der Waals surface area contributed by atoms with Crippen LogP contribution in [-0.2, 0) is 17.0 Å². The predicted octanol–water partition coefficient (Wildman–Crippen LogP) is 5.24. The van der Waals surface area contributed by atoms with Crippen molar-refractivity contribution >= 4 is 52.5 Å². The molecule has 1 N–H and O–H groups in total. The van der Waals surface area contributed by atoms with Crippen LogP contribution in [-0.4, -0.2) is 18.2 Å². The normalized spacial score (nSPS) is 10.6. The zero-order valence-electron chi connectivity index (χ0n) is 12.3. The second kappa shape index (κ2) is 9.43. The van der Waals surface area contributed by atoms with Crippen LogP contribution in [0.5, 0.6) is 0 Å². The number of carbonyl (C=O) groups excluding carboxylic acids is 1. The van der Waals surface area contributed by atoms with Gasteiger partial charge in [-0.3, -0.25) is 4.79 Å². The number of thioether (sulfide) groups is 1. The third-order valence-electron chi connectivity index (χ3n) is 3.15. The average molecular weight is 389 g/mol. The van der Waals surface area contributed by atoms with Gasteiger partial charge in [0.05, 0.1) is 6.42 Å². The molecule has 0 bridgehead atoms. The van der Waals surface area contributed by atoms with Gasteiger partial charge in [-0.05, 0) is 35.4 Å². The second-order valence-electron chi connectivity index (χ2n) is 4.91. The zero-order valence-corrected chi connectivity index (χ0v) is 15.4. The Balaban J connectivity index is 1.67. The average Bonchev–Trinajstić information content (AvgIpc) is 2.52. The van der Waals surface area contributed by atoms with E-state index in [1.165, 1.54) is 0 Å². The van der Waals surface area contributed by atoms with Crippen molar-refractivity contribution in [3.63, 3.8) is 0 Å². The Kier molecular flexibility index (Phi) is 7.57. The molecule has 23 heavy (non-hydrogen) atoms. The Hall–Kier alpha value is -0.870. The maximum Gasteiger partial charge on any atom is 0.224 e. The summed E-state index contributed by atoms with van der Waals surface area (Å²) in [4.78, 5) is 11.8. The van der Waals surface area contributed by atoms with E-state index in [0.29, 0.717) is 28.0 Å². The first-order valence-corrected chi connectivity index (χ1v) is 9.37. The van der Waals surface area contributed by atoms with Gasteiger partial charge in [0.1, 0.15) is 0 Å². The van der Waals surface area contributed by atoms with Gasteiger partial charge in [0.25, 0.3) is 0 Å². The van der Waals surface area contributed by atoms with Crippen molar-refractivity contribution < 1.29 is 4.79 Å². The fourth-order valence-corrected chi connectivity index (χ4v) is 3.68. The first kappa shape index (κ1) is 18.5. The third kappa shape index (κ3) is 6.27. The SMILES string of the molecule is O=C(Cc1ccc(Cl)cc1)NCCSCc1c(Cl)cccc1Cl. The highest BCUT2D eigenvalue weighted by molar-refractivity contribution is 7.98. The molecule has 0 saturated heterocycles.